The summed E-state index contributed by atoms with van der Waals surface area (Å²) in [4.78, 5) is 26.1. The number of nitrogens with zero attached hydrogens (tertiary/aromatic N) is 2. The van der Waals surface area contributed by atoms with Crippen molar-refractivity contribution in [1.29, 1.82) is 0 Å². The summed E-state index contributed by atoms with van der Waals surface area (Å²) >= 11 is 0. The summed E-state index contributed by atoms with van der Waals surface area (Å²) < 4.78 is 26.9. The zero-order chi connectivity index (χ0) is 20.3. The number of carbonyl (C=O) groups excluding carboxylic acids is 2. The minimum absolute atomic E-state index is 0.180. The summed E-state index contributed by atoms with van der Waals surface area (Å²) in [7, 11) is -3.55. The van der Waals surface area contributed by atoms with Gasteiger partial charge in [-0.1, -0.05) is 17.7 Å². The Bertz CT molecular complexity index is 816. The number of hydrogen-bond donors (Lipinski definition) is 2. The maximum Gasteiger partial charge on any atom is 0.311 e. The van der Waals surface area contributed by atoms with E-state index in [-0.39, 0.29) is 30.6 Å². The fraction of sp³-hybridized carbons (Fsp3) is 0.579. The van der Waals surface area contributed by atoms with Crippen LogP contribution in [0, 0.1) is 6.92 Å². The lowest BCUT2D eigenvalue weighted by atomic mass is 10.1. The van der Waals surface area contributed by atoms with Crippen LogP contribution in [0.25, 0.3) is 0 Å². The van der Waals surface area contributed by atoms with E-state index in [1.807, 2.05) is 6.92 Å². The van der Waals surface area contributed by atoms with E-state index in [1.165, 1.54) is 9.21 Å². The molecule has 0 radical (unpaired) electrons. The first kappa shape index (κ1) is 20.8. The van der Waals surface area contributed by atoms with Crippen molar-refractivity contribution in [3.8, 4) is 0 Å². The van der Waals surface area contributed by atoms with Gasteiger partial charge >= 0.3 is 11.8 Å². The average Bonchev–Trinajstić information content (AvgIpc) is 2.68. The molecule has 8 nitrogen and oxygen atoms in total. The SMILES string of the molecule is Cc1ccc(S(=O)(=O)N2CCC(NC(=O)C(=O)N3CCCC(O)C3)CC2)cc1. The molecule has 0 bridgehead atoms. The van der Waals surface area contributed by atoms with Gasteiger partial charge in [0.2, 0.25) is 10.0 Å². The molecule has 0 aromatic heterocycles. The van der Waals surface area contributed by atoms with Crippen molar-refractivity contribution in [1.82, 2.24) is 14.5 Å². The lowest BCUT2D eigenvalue weighted by Gasteiger charge is -2.33. The highest BCUT2D eigenvalue weighted by Gasteiger charge is 2.32. The number of carbonyl (C=O) groups is 2. The van der Waals surface area contributed by atoms with Crippen molar-refractivity contribution < 1.29 is 23.1 Å². The minimum Gasteiger partial charge on any atom is -0.391 e. The van der Waals surface area contributed by atoms with Gasteiger partial charge in [-0.15, -0.1) is 0 Å². The average molecular weight is 410 g/mol. The lowest BCUT2D eigenvalue weighted by Crippen LogP contribution is -2.52. The molecule has 1 aromatic carbocycles. The van der Waals surface area contributed by atoms with Gasteiger partial charge in [0.15, 0.2) is 0 Å². The number of sulfonamides is 1. The molecule has 154 valence electrons. The third-order valence-corrected chi connectivity index (χ3v) is 7.24. The molecule has 1 aromatic rings. The maximum atomic E-state index is 12.7. The first-order chi connectivity index (χ1) is 13.3. The molecule has 2 aliphatic heterocycles. The smallest absolute Gasteiger partial charge is 0.311 e. The second kappa shape index (κ2) is 8.59. The van der Waals surface area contributed by atoms with E-state index in [1.54, 1.807) is 24.3 Å². The van der Waals surface area contributed by atoms with E-state index in [0.717, 1.165) is 5.56 Å². The van der Waals surface area contributed by atoms with Gasteiger partial charge in [-0.05, 0) is 44.7 Å². The number of hydrogen-bond acceptors (Lipinski definition) is 5. The molecule has 0 saturated carbocycles. The zero-order valence-electron chi connectivity index (χ0n) is 16.0. The molecule has 2 N–H and O–H groups in total. The Morgan fingerprint density at radius 3 is 2.32 bits per heavy atom. The molecular weight excluding hydrogens is 382 g/mol. The number of piperidine rings is 2. The summed E-state index contributed by atoms with van der Waals surface area (Å²) in [5.74, 6) is -1.32. The summed E-state index contributed by atoms with van der Waals surface area (Å²) in [6.45, 7) is 3.13. The van der Waals surface area contributed by atoms with E-state index in [9.17, 15) is 23.1 Å². The number of benzene rings is 1. The Morgan fingerprint density at radius 2 is 1.71 bits per heavy atom. The van der Waals surface area contributed by atoms with Gasteiger partial charge in [-0.25, -0.2) is 8.42 Å². The van der Waals surface area contributed by atoms with Crippen LogP contribution in [0.5, 0.6) is 0 Å². The third kappa shape index (κ3) is 4.71. The number of aliphatic hydroxyl groups excluding tert-OH is 1. The summed E-state index contributed by atoms with van der Waals surface area (Å²) in [6.07, 6.45) is 1.63. The highest BCUT2D eigenvalue weighted by Crippen LogP contribution is 2.21. The number of aliphatic hydroxyl groups is 1. The molecule has 3 rings (SSSR count). The van der Waals surface area contributed by atoms with E-state index in [2.05, 4.69) is 5.32 Å². The molecule has 1 atom stereocenters. The Hall–Kier alpha value is -1.97. The van der Waals surface area contributed by atoms with Crippen LogP contribution in [0.2, 0.25) is 0 Å². The number of aryl methyl sites for hydroxylation is 1. The number of β-amino-alcohol motifs (C(OH)–C–C–N with tert-alkyl or cyclic N) is 1. The second-order valence-corrected chi connectivity index (χ2v) is 9.45. The van der Waals surface area contributed by atoms with Gasteiger partial charge in [0, 0.05) is 32.2 Å². The first-order valence-corrected chi connectivity index (χ1v) is 11.1. The highest BCUT2D eigenvalue weighted by atomic mass is 32.2. The Balaban J connectivity index is 1.53. The molecule has 0 spiro atoms. The number of nitrogens with one attached hydrogen (secondary N) is 1. The van der Waals surface area contributed by atoms with E-state index in [0.29, 0.717) is 32.2 Å². The molecule has 2 aliphatic rings. The summed E-state index contributed by atoms with van der Waals surface area (Å²) in [6, 6.07) is 6.50. The van der Waals surface area contributed by atoms with Crippen molar-refractivity contribution in [2.45, 2.75) is 49.6 Å². The van der Waals surface area contributed by atoms with Crippen molar-refractivity contribution in [2.24, 2.45) is 0 Å². The van der Waals surface area contributed by atoms with Gasteiger partial charge in [0.25, 0.3) is 0 Å². The molecule has 0 aliphatic carbocycles. The lowest BCUT2D eigenvalue weighted by molar-refractivity contribution is -0.148. The van der Waals surface area contributed by atoms with Gasteiger partial charge < -0.3 is 15.3 Å². The first-order valence-electron chi connectivity index (χ1n) is 9.62. The topological polar surface area (TPSA) is 107 Å². The largest absolute Gasteiger partial charge is 0.391 e. The van der Waals surface area contributed by atoms with E-state index >= 15 is 0 Å². The van der Waals surface area contributed by atoms with Crippen molar-refractivity contribution in [3.05, 3.63) is 29.8 Å². The van der Waals surface area contributed by atoms with Gasteiger partial charge in [-0.2, -0.15) is 4.31 Å². The molecular formula is C19H27N3O5S. The third-order valence-electron chi connectivity index (χ3n) is 5.33. The van der Waals surface area contributed by atoms with Crippen molar-refractivity contribution in [2.75, 3.05) is 26.2 Å². The van der Waals surface area contributed by atoms with Crippen LogP contribution in [-0.2, 0) is 19.6 Å². The summed E-state index contributed by atoms with van der Waals surface area (Å²) in [5.41, 5.74) is 0.992. The highest BCUT2D eigenvalue weighted by molar-refractivity contribution is 7.89. The van der Waals surface area contributed by atoms with Crippen molar-refractivity contribution in [3.63, 3.8) is 0 Å². The van der Waals surface area contributed by atoms with Crippen LogP contribution in [0.1, 0.15) is 31.2 Å². The van der Waals surface area contributed by atoms with E-state index < -0.39 is 27.9 Å². The standard InChI is InChI=1S/C19H27N3O5S/c1-14-4-6-17(7-5-14)28(26,27)22-11-8-15(9-12-22)20-18(24)19(25)21-10-2-3-16(23)13-21/h4-7,15-16,23H,2-3,8-13H2,1H3,(H,20,24). The molecule has 9 heteroatoms. The van der Waals surface area contributed by atoms with Crippen LogP contribution in [0.4, 0.5) is 0 Å². The van der Waals surface area contributed by atoms with Gasteiger partial charge in [-0.3, -0.25) is 9.59 Å². The molecule has 2 amide bonds. The number of likely N-dealkylation sites (tertiary alicyclic amines) is 1. The van der Waals surface area contributed by atoms with Crippen LogP contribution >= 0.6 is 0 Å². The van der Waals surface area contributed by atoms with Crippen LogP contribution in [0.3, 0.4) is 0 Å². The molecule has 28 heavy (non-hydrogen) atoms. The number of amides is 2. The van der Waals surface area contributed by atoms with Crippen molar-refractivity contribution >= 4 is 21.8 Å². The van der Waals surface area contributed by atoms with Gasteiger partial charge in [0.1, 0.15) is 0 Å². The maximum absolute atomic E-state index is 12.7. The Kier molecular flexibility index (Phi) is 6.36. The Labute approximate surface area is 165 Å². The molecule has 2 saturated heterocycles. The quantitative estimate of drug-likeness (QED) is 0.696. The van der Waals surface area contributed by atoms with E-state index in [4.69, 9.17) is 0 Å². The molecule has 2 fully saturated rings. The summed E-state index contributed by atoms with van der Waals surface area (Å²) in [5, 5.41) is 12.4. The van der Waals surface area contributed by atoms with Crippen LogP contribution < -0.4 is 5.32 Å². The zero-order valence-corrected chi connectivity index (χ0v) is 16.8. The fourth-order valence-corrected chi connectivity index (χ4v) is 5.10. The predicted octanol–water partition coefficient (Wildman–Crippen LogP) is 0.248. The van der Waals surface area contributed by atoms with Gasteiger partial charge in [0.05, 0.1) is 11.0 Å². The predicted molar refractivity (Wildman–Crippen MR) is 103 cm³/mol. The monoisotopic (exact) mass is 409 g/mol. The normalized spacial score (nSPS) is 22.1. The molecule has 1 unspecified atom stereocenters. The van der Waals surface area contributed by atoms with Crippen LogP contribution in [-0.4, -0.2) is 72.9 Å². The minimum atomic E-state index is -3.55. The second-order valence-electron chi connectivity index (χ2n) is 7.51. The van der Waals surface area contributed by atoms with Crippen LogP contribution in [0.15, 0.2) is 29.2 Å². The molecule has 2 heterocycles. The number of rotatable bonds is 3. The fourth-order valence-electron chi connectivity index (χ4n) is 3.63. The Morgan fingerprint density at radius 1 is 1.07 bits per heavy atom.